The second kappa shape index (κ2) is 9.20. The molecule has 0 aliphatic carbocycles. The second-order valence-corrected chi connectivity index (χ2v) is 7.14. The van der Waals surface area contributed by atoms with Crippen molar-refractivity contribution < 1.29 is 24.0 Å². The Balaban J connectivity index is 2.33. The standard InChI is InChI=1S/C21H16Cl2N2O6/c1-3-31-21(27)19-15(18-16(23)8-12(22)9-17(18)24-19)10-14(20(26)30-2)11-5-4-6-13(7-11)25(28)29/h4-10,24H,3H2,1-2H3/b14-10-. The zero-order valence-corrected chi connectivity index (χ0v) is 17.9. The summed E-state index contributed by atoms with van der Waals surface area (Å²) in [5, 5.41) is 12.2. The molecule has 1 heterocycles. The van der Waals surface area contributed by atoms with E-state index in [0.29, 0.717) is 15.9 Å². The molecular formula is C21H16Cl2N2O6. The van der Waals surface area contributed by atoms with Crippen molar-refractivity contribution in [1.82, 2.24) is 4.98 Å². The van der Waals surface area contributed by atoms with Crippen LogP contribution >= 0.6 is 23.2 Å². The van der Waals surface area contributed by atoms with Gasteiger partial charge in [-0.15, -0.1) is 0 Å². The van der Waals surface area contributed by atoms with Gasteiger partial charge in [0.05, 0.1) is 29.2 Å². The van der Waals surface area contributed by atoms with Crippen LogP contribution in [-0.2, 0) is 14.3 Å². The number of ether oxygens (including phenoxy) is 2. The van der Waals surface area contributed by atoms with Crippen LogP contribution in [0.4, 0.5) is 5.69 Å². The second-order valence-electron chi connectivity index (χ2n) is 6.30. The normalized spacial score (nSPS) is 11.4. The first kappa shape index (κ1) is 22.3. The summed E-state index contributed by atoms with van der Waals surface area (Å²) in [6, 6.07) is 8.57. The van der Waals surface area contributed by atoms with Crippen LogP contribution in [0.1, 0.15) is 28.5 Å². The molecule has 0 saturated carbocycles. The minimum atomic E-state index is -0.755. The van der Waals surface area contributed by atoms with Crippen molar-refractivity contribution in [2.24, 2.45) is 0 Å². The number of nitrogens with one attached hydrogen (secondary N) is 1. The number of non-ortho nitro benzene ring substituents is 1. The van der Waals surface area contributed by atoms with E-state index in [4.69, 9.17) is 32.7 Å². The zero-order chi connectivity index (χ0) is 22.7. The lowest BCUT2D eigenvalue weighted by Gasteiger charge is -2.08. The van der Waals surface area contributed by atoms with E-state index >= 15 is 0 Å². The predicted octanol–water partition coefficient (Wildman–Crippen LogP) is 5.27. The van der Waals surface area contributed by atoms with Crippen molar-refractivity contribution >= 4 is 63.4 Å². The molecular weight excluding hydrogens is 447 g/mol. The number of rotatable bonds is 6. The Morgan fingerprint density at radius 2 is 1.97 bits per heavy atom. The highest BCUT2D eigenvalue weighted by molar-refractivity contribution is 6.39. The number of halogens is 2. The molecule has 0 bridgehead atoms. The molecule has 0 fully saturated rings. The lowest BCUT2D eigenvalue weighted by atomic mass is 10.0. The molecule has 1 N–H and O–H groups in total. The molecule has 3 rings (SSSR count). The van der Waals surface area contributed by atoms with Crippen molar-refractivity contribution in [2.45, 2.75) is 6.92 Å². The highest BCUT2D eigenvalue weighted by Gasteiger charge is 2.23. The fourth-order valence-electron chi connectivity index (χ4n) is 3.08. The zero-order valence-electron chi connectivity index (χ0n) is 16.4. The van der Waals surface area contributed by atoms with Gasteiger partial charge in [-0.25, -0.2) is 9.59 Å². The van der Waals surface area contributed by atoms with Gasteiger partial charge in [0.15, 0.2) is 0 Å². The quantitative estimate of drug-likeness (QED) is 0.231. The van der Waals surface area contributed by atoms with Crippen molar-refractivity contribution in [1.29, 1.82) is 0 Å². The number of carbonyl (C=O) groups is 2. The van der Waals surface area contributed by atoms with Gasteiger partial charge in [0, 0.05) is 33.6 Å². The Kier molecular flexibility index (Phi) is 6.62. The summed E-state index contributed by atoms with van der Waals surface area (Å²) in [5.74, 6) is -1.42. The molecule has 160 valence electrons. The molecule has 0 aliphatic heterocycles. The van der Waals surface area contributed by atoms with Crippen LogP contribution in [0.15, 0.2) is 36.4 Å². The Morgan fingerprint density at radius 1 is 1.23 bits per heavy atom. The number of methoxy groups -OCH3 is 1. The van der Waals surface area contributed by atoms with Crippen LogP contribution in [0.3, 0.4) is 0 Å². The summed E-state index contributed by atoms with van der Waals surface area (Å²) in [4.78, 5) is 38.7. The maximum atomic E-state index is 12.6. The summed E-state index contributed by atoms with van der Waals surface area (Å²) >= 11 is 12.5. The minimum absolute atomic E-state index is 0.0105. The largest absolute Gasteiger partial charge is 0.465 e. The average molecular weight is 463 g/mol. The molecule has 1 aromatic heterocycles. The van der Waals surface area contributed by atoms with Crippen molar-refractivity contribution in [3.8, 4) is 0 Å². The smallest absolute Gasteiger partial charge is 0.355 e. The summed E-state index contributed by atoms with van der Waals surface area (Å²) in [6.45, 7) is 1.78. The van der Waals surface area contributed by atoms with Crippen LogP contribution in [0.2, 0.25) is 10.0 Å². The maximum absolute atomic E-state index is 12.6. The first-order valence-electron chi connectivity index (χ1n) is 8.99. The number of esters is 2. The number of hydrogen-bond donors (Lipinski definition) is 1. The van der Waals surface area contributed by atoms with E-state index in [-0.39, 0.29) is 39.7 Å². The maximum Gasteiger partial charge on any atom is 0.355 e. The van der Waals surface area contributed by atoms with Crippen molar-refractivity contribution in [3.63, 3.8) is 0 Å². The van der Waals surface area contributed by atoms with E-state index < -0.39 is 16.9 Å². The van der Waals surface area contributed by atoms with Crippen LogP contribution in [0.25, 0.3) is 22.6 Å². The fraction of sp³-hybridized carbons (Fsp3) is 0.143. The highest BCUT2D eigenvalue weighted by Crippen LogP contribution is 2.35. The van der Waals surface area contributed by atoms with Gasteiger partial charge in [0.2, 0.25) is 0 Å². The summed E-state index contributed by atoms with van der Waals surface area (Å²) in [5.41, 5.74) is 0.783. The third-order valence-corrected chi connectivity index (χ3v) is 4.91. The van der Waals surface area contributed by atoms with Gasteiger partial charge in [-0.05, 0) is 30.7 Å². The number of aromatic amines is 1. The molecule has 0 radical (unpaired) electrons. The van der Waals surface area contributed by atoms with Gasteiger partial charge < -0.3 is 14.5 Å². The Bertz CT molecular complexity index is 1230. The van der Waals surface area contributed by atoms with Gasteiger partial charge in [0.1, 0.15) is 5.69 Å². The summed E-state index contributed by atoms with van der Waals surface area (Å²) < 4.78 is 9.98. The Hall–Kier alpha value is -3.36. The highest BCUT2D eigenvalue weighted by atomic mass is 35.5. The molecule has 0 unspecified atom stereocenters. The van der Waals surface area contributed by atoms with Gasteiger partial charge in [-0.2, -0.15) is 0 Å². The van der Waals surface area contributed by atoms with Crippen molar-refractivity contribution in [3.05, 3.63) is 73.4 Å². The van der Waals surface area contributed by atoms with Crippen LogP contribution in [0.5, 0.6) is 0 Å². The third-order valence-electron chi connectivity index (χ3n) is 4.39. The van der Waals surface area contributed by atoms with E-state index in [2.05, 4.69) is 4.98 Å². The number of aromatic nitrogens is 1. The summed E-state index contributed by atoms with van der Waals surface area (Å²) in [6.07, 6.45) is 1.38. The van der Waals surface area contributed by atoms with Crippen LogP contribution < -0.4 is 0 Å². The number of H-pyrrole nitrogens is 1. The number of carbonyl (C=O) groups excluding carboxylic acids is 2. The Labute approximate surface area is 186 Å². The molecule has 8 nitrogen and oxygen atoms in total. The number of hydrogen-bond acceptors (Lipinski definition) is 6. The molecule has 10 heteroatoms. The minimum Gasteiger partial charge on any atom is -0.465 e. The molecule has 0 saturated heterocycles. The van der Waals surface area contributed by atoms with E-state index in [0.717, 1.165) is 0 Å². The van der Waals surface area contributed by atoms with Gasteiger partial charge >= 0.3 is 11.9 Å². The number of nitrogens with zero attached hydrogens (tertiary/aromatic N) is 1. The molecule has 0 spiro atoms. The fourth-order valence-corrected chi connectivity index (χ4v) is 3.68. The van der Waals surface area contributed by atoms with Gasteiger partial charge in [0.25, 0.3) is 5.69 Å². The number of nitro benzene ring substituents is 1. The van der Waals surface area contributed by atoms with E-state index in [1.54, 1.807) is 13.0 Å². The SMILES string of the molecule is CCOC(=O)c1[nH]c2cc(Cl)cc(Cl)c2c1/C=C(\C(=O)OC)c1cccc([N+](=O)[O-])c1. The molecule has 3 aromatic rings. The monoisotopic (exact) mass is 462 g/mol. The first-order valence-corrected chi connectivity index (χ1v) is 9.75. The predicted molar refractivity (Wildman–Crippen MR) is 117 cm³/mol. The van der Waals surface area contributed by atoms with Crippen LogP contribution in [0, 0.1) is 10.1 Å². The molecule has 0 amide bonds. The van der Waals surface area contributed by atoms with E-state index in [9.17, 15) is 19.7 Å². The topological polar surface area (TPSA) is 112 Å². The van der Waals surface area contributed by atoms with Crippen LogP contribution in [-0.4, -0.2) is 35.6 Å². The van der Waals surface area contributed by atoms with E-state index in [1.165, 1.54) is 43.5 Å². The number of fused-ring (bicyclic) bond motifs is 1. The number of benzene rings is 2. The molecule has 31 heavy (non-hydrogen) atoms. The van der Waals surface area contributed by atoms with Gasteiger partial charge in [-0.3, -0.25) is 10.1 Å². The lowest BCUT2D eigenvalue weighted by Crippen LogP contribution is -2.08. The van der Waals surface area contributed by atoms with Gasteiger partial charge in [-0.1, -0.05) is 35.3 Å². The number of nitro groups is 1. The Morgan fingerprint density at radius 3 is 2.61 bits per heavy atom. The van der Waals surface area contributed by atoms with E-state index in [1.807, 2.05) is 0 Å². The lowest BCUT2D eigenvalue weighted by molar-refractivity contribution is -0.384. The van der Waals surface area contributed by atoms with Crippen molar-refractivity contribution in [2.75, 3.05) is 13.7 Å². The molecule has 2 aromatic carbocycles. The molecule has 0 atom stereocenters. The average Bonchev–Trinajstić information content (AvgIpc) is 3.10. The molecule has 0 aliphatic rings. The third kappa shape index (κ3) is 4.55. The summed E-state index contributed by atoms with van der Waals surface area (Å²) in [7, 11) is 1.18. The first-order chi connectivity index (χ1) is 14.8.